The number of nitrogens with zero attached hydrogens (tertiary/aromatic N) is 4. The van der Waals surface area contributed by atoms with Gasteiger partial charge in [-0.05, 0) is 30.2 Å². The monoisotopic (exact) mass is 317 g/mol. The fourth-order valence-electron chi connectivity index (χ4n) is 2.95. The number of aromatic nitrogens is 2. The third kappa shape index (κ3) is 2.88. The molecule has 5 nitrogen and oxygen atoms in total. The predicted octanol–water partition coefficient (Wildman–Crippen LogP) is 3.69. The second-order valence-corrected chi connectivity index (χ2v) is 5.90. The molecule has 2 aromatic carbocycles. The maximum Gasteiger partial charge on any atom is 0.127 e. The maximum atomic E-state index is 4.67. The summed E-state index contributed by atoms with van der Waals surface area (Å²) in [4.78, 5) is 2.22. The molecule has 1 aliphatic heterocycles. The van der Waals surface area contributed by atoms with Crippen LogP contribution < -0.4 is 4.90 Å². The molecule has 0 atom stereocenters. The molecule has 0 radical (unpaired) electrons. The lowest BCUT2D eigenvalue weighted by Crippen LogP contribution is -2.29. The van der Waals surface area contributed by atoms with Crippen molar-refractivity contribution >= 4 is 11.5 Å². The van der Waals surface area contributed by atoms with Crippen LogP contribution in [0.2, 0.25) is 0 Å². The van der Waals surface area contributed by atoms with Gasteiger partial charge in [0, 0.05) is 17.4 Å². The first-order valence-electron chi connectivity index (χ1n) is 8.00. The topological polar surface area (TPSA) is 47.5 Å². The van der Waals surface area contributed by atoms with Crippen molar-refractivity contribution in [2.75, 3.05) is 11.6 Å². The fraction of sp³-hybridized carbons (Fsp3) is 0.158. The Hall–Kier alpha value is -3.08. The van der Waals surface area contributed by atoms with Gasteiger partial charge >= 0.3 is 0 Å². The molecule has 0 fully saturated rings. The number of hydrogen-bond donors (Lipinski definition) is 1. The number of anilines is 1. The van der Waals surface area contributed by atoms with E-state index in [1.165, 1.54) is 5.56 Å². The molecular weight excluding hydrogens is 298 g/mol. The number of hydrogen-bond acceptors (Lipinski definition) is 4. The minimum atomic E-state index is 0.770. The summed E-state index contributed by atoms with van der Waals surface area (Å²) in [5.41, 5.74) is 4.67. The predicted molar refractivity (Wildman–Crippen MR) is 96.5 cm³/mol. The lowest BCUT2D eigenvalue weighted by molar-refractivity contribution is 0.310. The Labute approximate surface area is 141 Å². The Morgan fingerprint density at radius 2 is 1.79 bits per heavy atom. The van der Waals surface area contributed by atoms with Gasteiger partial charge in [-0.25, -0.2) is 0 Å². The summed E-state index contributed by atoms with van der Waals surface area (Å²) in [7, 11) is 0. The largest absolute Gasteiger partial charge is 0.309 e. The molecule has 0 bridgehead atoms. The van der Waals surface area contributed by atoms with Crippen molar-refractivity contribution in [1.82, 2.24) is 15.2 Å². The van der Waals surface area contributed by atoms with Crippen LogP contribution in [0.1, 0.15) is 12.5 Å². The minimum absolute atomic E-state index is 0.770. The molecule has 3 aromatic rings. The van der Waals surface area contributed by atoms with Crippen LogP contribution in [0.3, 0.4) is 0 Å². The Balaban J connectivity index is 1.48. The lowest BCUT2D eigenvalue weighted by Gasteiger charge is -2.20. The Morgan fingerprint density at radius 3 is 2.50 bits per heavy atom. The number of amidine groups is 1. The van der Waals surface area contributed by atoms with Crippen LogP contribution in [-0.4, -0.2) is 27.7 Å². The number of hydrazone groups is 1. The quantitative estimate of drug-likeness (QED) is 0.798. The SMILES string of the molecule is CC1=NN(Cc2ccccc2)CN1c1ccc(-c2cn[nH]c2)cc1. The molecule has 0 amide bonds. The smallest absolute Gasteiger partial charge is 0.127 e. The van der Waals surface area contributed by atoms with Gasteiger partial charge in [-0.15, -0.1) is 0 Å². The van der Waals surface area contributed by atoms with Crippen LogP contribution in [0, 0.1) is 0 Å². The minimum Gasteiger partial charge on any atom is -0.309 e. The zero-order chi connectivity index (χ0) is 16.4. The van der Waals surface area contributed by atoms with Gasteiger partial charge in [0.05, 0.1) is 12.7 Å². The van der Waals surface area contributed by atoms with E-state index >= 15 is 0 Å². The first-order chi connectivity index (χ1) is 11.8. The molecule has 5 heteroatoms. The van der Waals surface area contributed by atoms with Crippen LogP contribution in [0.25, 0.3) is 11.1 Å². The Morgan fingerprint density at radius 1 is 1.00 bits per heavy atom. The maximum absolute atomic E-state index is 4.67. The number of nitrogens with one attached hydrogen (secondary N) is 1. The van der Waals surface area contributed by atoms with Gasteiger partial charge in [0.1, 0.15) is 12.5 Å². The van der Waals surface area contributed by atoms with Gasteiger partial charge in [-0.1, -0.05) is 42.5 Å². The average Bonchev–Trinajstić information content (AvgIpc) is 3.26. The summed E-state index contributed by atoms with van der Waals surface area (Å²) in [6.07, 6.45) is 3.73. The molecule has 0 spiro atoms. The van der Waals surface area contributed by atoms with E-state index in [1.807, 2.05) is 18.5 Å². The molecule has 4 rings (SSSR count). The van der Waals surface area contributed by atoms with Crippen molar-refractivity contribution in [3.63, 3.8) is 0 Å². The number of H-pyrrole nitrogens is 1. The highest BCUT2D eigenvalue weighted by Gasteiger charge is 2.21. The highest BCUT2D eigenvalue weighted by molar-refractivity contribution is 5.97. The van der Waals surface area contributed by atoms with Crippen LogP contribution in [0.4, 0.5) is 5.69 Å². The molecule has 2 heterocycles. The average molecular weight is 317 g/mol. The normalized spacial score (nSPS) is 14.1. The summed E-state index contributed by atoms with van der Waals surface area (Å²) in [6, 6.07) is 18.9. The summed E-state index contributed by atoms with van der Waals surface area (Å²) >= 11 is 0. The molecule has 0 aliphatic carbocycles. The third-order valence-corrected chi connectivity index (χ3v) is 4.20. The third-order valence-electron chi connectivity index (χ3n) is 4.20. The van der Waals surface area contributed by atoms with E-state index in [2.05, 4.69) is 80.7 Å². The first-order valence-corrected chi connectivity index (χ1v) is 8.00. The van der Waals surface area contributed by atoms with Crippen molar-refractivity contribution in [3.05, 3.63) is 72.6 Å². The fourth-order valence-corrected chi connectivity index (χ4v) is 2.95. The molecule has 1 aliphatic rings. The van der Waals surface area contributed by atoms with Crippen LogP contribution in [0.5, 0.6) is 0 Å². The van der Waals surface area contributed by atoms with Crippen LogP contribution in [0.15, 0.2) is 72.1 Å². The molecule has 1 aromatic heterocycles. The van der Waals surface area contributed by atoms with Gasteiger partial charge in [0.2, 0.25) is 0 Å². The van der Waals surface area contributed by atoms with E-state index in [0.29, 0.717) is 0 Å². The Bertz CT molecular complexity index is 822. The second-order valence-electron chi connectivity index (χ2n) is 5.90. The van der Waals surface area contributed by atoms with Crippen molar-refractivity contribution < 1.29 is 0 Å². The van der Waals surface area contributed by atoms with Crippen molar-refractivity contribution in [2.45, 2.75) is 13.5 Å². The number of aromatic amines is 1. The van der Waals surface area contributed by atoms with Gasteiger partial charge in [0.15, 0.2) is 0 Å². The van der Waals surface area contributed by atoms with Crippen molar-refractivity contribution in [2.24, 2.45) is 5.10 Å². The number of rotatable bonds is 4. The van der Waals surface area contributed by atoms with E-state index in [1.54, 1.807) is 0 Å². The molecule has 1 N–H and O–H groups in total. The summed E-state index contributed by atoms with van der Waals surface area (Å²) in [5.74, 6) is 1.02. The molecule has 0 unspecified atom stereocenters. The molecule has 0 saturated heterocycles. The van der Waals surface area contributed by atoms with Crippen molar-refractivity contribution in [3.8, 4) is 11.1 Å². The summed E-state index contributed by atoms with van der Waals surface area (Å²) in [6.45, 7) is 3.64. The zero-order valence-electron chi connectivity index (χ0n) is 13.6. The number of benzene rings is 2. The van der Waals surface area contributed by atoms with Gasteiger partial charge in [-0.3, -0.25) is 10.1 Å². The highest BCUT2D eigenvalue weighted by atomic mass is 15.6. The van der Waals surface area contributed by atoms with Crippen molar-refractivity contribution in [1.29, 1.82) is 0 Å². The summed E-state index contributed by atoms with van der Waals surface area (Å²) < 4.78 is 0. The Kier molecular flexibility index (Phi) is 3.75. The van der Waals surface area contributed by atoms with E-state index in [9.17, 15) is 0 Å². The van der Waals surface area contributed by atoms with E-state index in [0.717, 1.165) is 35.9 Å². The lowest BCUT2D eigenvalue weighted by atomic mass is 10.1. The van der Waals surface area contributed by atoms with E-state index in [4.69, 9.17) is 0 Å². The van der Waals surface area contributed by atoms with Gasteiger partial charge in [-0.2, -0.15) is 10.2 Å². The second kappa shape index (κ2) is 6.20. The van der Waals surface area contributed by atoms with Gasteiger partial charge < -0.3 is 4.90 Å². The molecule has 0 saturated carbocycles. The van der Waals surface area contributed by atoms with Crippen LogP contribution >= 0.6 is 0 Å². The standard InChI is InChI=1S/C19H19N5/c1-15-22-23(13-16-5-3-2-4-6-16)14-24(15)19-9-7-17(8-10-19)18-11-20-21-12-18/h2-12H,13-14H2,1H3,(H,20,21). The van der Waals surface area contributed by atoms with E-state index < -0.39 is 0 Å². The molecule has 24 heavy (non-hydrogen) atoms. The zero-order valence-corrected chi connectivity index (χ0v) is 13.6. The van der Waals surface area contributed by atoms with Gasteiger partial charge in [0.25, 0.3) is 0 Å². The highest BCUT2D eigenvalue weighted by Crippen LogP contribution is 2.25. The molecular formula is C19H19N5. The molecule has 120 valence electrons. The van der Waals surface area contributed by atoms with Crippen LogP contribution in [-0.2, 0) is 6.54 Å². The summed E-state index contributed by atoms with van der Waals surface area (Å²) in [5, 5.41) is 13.6. The van der Waals surface area contributed by atoms with E-state index in [-0.39, 0.29) is 0 Å². The first kappa shape index (κ1) is 14.5.